The van der Waals surface area contributed by atoms with Gasteiger partial charge in [-0.2, -0.15) is 0 Å². The van der Waals surface area contributed by atoms with Crippen molar-refractivity contribution in [3.63, 3.8) is 0 Å². The lowest BCUT2D eigenvalue weighted by Crippen LogP contribution is -2.17. The standard InChI is InChI=1S/C13H15N3O3/c1-18-8-13(17)16-11-4-2-3-10(5-11)15-7-12-6-14-9-19-12/h2-6,9,15H,7-8H2,1H3,(H,16,17). The number of amides is 1. The molecule has 0 saturated carbocycles. The summed E-state index contributed by atoms with van der Waals surface area (Å²) >= 11 is 0. The third-order valence-corrected chi connectivity index (χ3v) is 2.37. The fourth-order valence-corrected chi connectivity index (χ4v) is 1.55. The molecule has 0 atom stereocenters. The van der Waals surface area contributed by atoms with Gasteiger partial charge >= 0.3 is 0 Å². The van der Waals surface area contributed by atoms with Crippen LogP contribution < -0.4 is 10.6 Å². The molecule has 2 aromatic rings. The molecule has 1 aromatic carbocycles. The van der Waals surface area contributed by atoms with Gasteiger partial charge in [0.05, 0.1) is 12.7 Å². The first-order valence-electron chi connectivity index (χ1n) is 5.78. The number of benzene rings is 1. The SMILES string of the molecule is COCC(=O)Nc1cccc(NCc2cnco2)c1. The number of carbonyl (C=O) groups is 1. The molecule has 6 nitrogen and oxygen atoms in total. The number of rotatable bonds is 6. The monoisotopic (exact) mass is 261 g/mol. The number of ether oxygens (including phenoxy) is 1. The molecule has 0 spiro atoms. The minimum absolute atomic E-state index is 0.0374. The number of nitrogens with zero attached hydrogens (tertiary/aromatic N) is 1. The van der Waals surface area contributed by atoms with Crippen LogP contribution in [0, 0.1) is 0 Å². The quantitative estimate of drug-likeness (QED) is 0.830. The van der Waals surface area contributed by atoms with E-state index >= 15 is 0 Å². The van der Waals surface area contributed by atoms with Crippen LogP contribution in [0.15, 0.2) is 41.3 Å². The van der Waals surface area contributed by atoms with Crippen molar-refractivity contribution in [1.29, 1.82) is 0 Å². The van der Waals surface area contributed by atoms with Crippen molar-refractivity contribution in [2.24, 2.45) is 0 Å². The van der Waals surface area contributed by atoms with E-state index in [1.165, 1.54) is 13.5 Å². The Hall–Kier alpha value is -2.34. The molecule has 0 unspecified atom stereocenters. The highest BCUT2D eigenvalue weighted by atomic mass is 16.5. The first-order chi connectivity index (χ1) is 9.28. The summed E-state index contributed by atoms with van der Waals surface area (Å²) in [6, 6.07) is 7.41. The maximum absolute atomic E-state index is 11.4. The molecule has 0 aliphatic heterocycles. The second kappa shape index (κ2) is 6.55. The number of hydrogen-bond acceptors (Lipinski definition) is 5. The van der Waals surface area contributed by atoms with Crippen molar-refractivity contribution >= 4 is 17.3 Å². The van der Waals surface area contributed by atoms with E-state index in [2.05, 4.69) is 15.6 Å². The Labute approximate surface area is 110 Å². The highest BCUT2D eigenvalue weighted by Crippen LogP contribution is 2.15. The van der Waals surface area contributed by atoms with Gasteiger partial charge < -0.3 is 19.8 Å². The van der Waals surface area contributed by atoms with Crippen molar-refractivity contribution in [1.82, 2.24) is 4.98 Å². The second-order valence-corrected chi connectivity index (χ2v) is 3.88. The minimum atomic E-state index is -0.185. The van der Waals surface area contributed by atoms with E-state index in [4.69, 9.17) is 9.15 Å². The van der Waals surface area contributed by atoms with Crippen LogP contribution in [-0.4, -0.2) is 24.6 Å². The molecule has 19 heavy (non-hydrogen) atoms. The molecule has 0 radical (unpaired) electrons. The van der Waals surface area contributed by atoms with Crippen LogP contribution in [0.3, 0.4) is 0 Å². The number of anilines is 2. The van der Waals surface area contributed by atoms with Crippen molar-refractivity contribution in [2.45, 2.75) is 6.54 Å². The van der Waals surface area contributed by atoms with Crippen LogP contribution in [0.1, 0.15) is 5.76 Å². The van der Waals surface area contributed by atoms with E-state index in [1.807, 2.05) is 24.3 Å². The van der Waals surface area contributed by atoms with Gasteiger partial charge in [0.25, 0.3) is 0 Å². The summed E-state index contributed by atoms with van der Waals surface area (Å²) in [5, 5.41) is 5.91. The highest BCUT2D eigenvalue weighted by Gasteiger charge is 2.02. The second-order valence-electron chi connectivity index (χ2n) is 3.88. The summed E-state index contributed by atoms with van der Waals surface area (Å²) < 4.78 is 9.88. The Kier molecular flexibility index (Phi) is 4.52. The predicted octanol–water partition coefficient (Wildman–Crippen LogP) is 1.87. The smallest absolute Gasteiger partial charge is 0.250 e. The van der Waals surface area contributed by atoms with Crippen molar-refractivity contribution in [3.05, 3.63) is 42.6 Å². The molecule has 0 saturated heterocycles. The highest BCUT2D eigenvalue weighted by molar-refractivity contribution is 5.92. The van der Waals surface area contributed by atoms with Crippen LogP contribution in [0.2, 0.25) is 0 Å². The minimum Gasteiger partial charge on any atom is -0.447 e. The topological polar surface area (TPSA) is 76.4 Å². The Morgan fingerprint density at radius 2 is 2.26 bits per heavy atom. The largest absolute Gasteiger partial charge is 0.447 e. The van der Waals surface area contributed by atoms with Crippen LogP contribution in [0.4, 0.5) is 11.4 Å². The van der Waals surface area contributed by atoms with E-state index in [0.717, 1.165) is 11.4 Å². The Bertz CT molecular complexity index is 526. The molecule has 0 aliphatic carbocycles. The van der Waals surface area contributed by atoms with Crippen molar-refractivity contribution in [2.75, 3.05) is 24.4 Å². The summed E-state index contributed by atoms with van der Waals surface area (Å²) in [5.41, 5.74) is 1.59. The lowest BCUT2D eigenvalue weighted by molar-refractivity contribution is -0.119. The summed E-state index contributed by atoms with van der Waals surface area (Å²) in [6.07, 6.45) is 3.04. The van der Waals surface area contributed by atoms with E-state index in [9.17, 15) is 4.79 Å². The third-order valence-electron chi connectivity index (χ3n) is 2.37. The van der Waals surface area contributed by atoms with E-state index < -0.39 is 0 Å². The molecule has 0 fully saturated rings. The van der Waals surface area contributed by atoms with E-state index in [0.29, 0.717) is 12.2 Å². The number of carbonyl (C=O) groups excluding carboxylic acids is 1. The lowest BCUT2D eigenvalue weighted by atomic mass is 10.2. The summed E-state index contributed by atoms with van der Waals surface area (Å²) in [5.74, 6) is 0.559. The van der Waals surface area contributed by atoms with E-state index in [1.54, 1.807) is 6.20 Å². The van der Waals surface area contributed by atoms with Gasteiger partial charge in [-0.1, -0.05) is 6.07 Å². The van der Waals surface area contributed by atoms with Gasteiger partial charge in [0.1, 0.15) is 12.4 Å². The maximum atomic E-state index is 11.4. The summed E-state index contributed by atoms with van der Waals surface area (Å²) in [6.45, 7) is 0.575. The molecule has 0 bridgehead atoms. The number of hydrogen-bond donors (Lipinski definition) is 2. The first-order valence-corrected chi connectivity index (χ1v) is 5.78. The number of nitrogens with one attached hydrogen (secondary N) is 2. The average molecular weight is 261 g/mol. The zero-order valence-corrected chi connectivity index (χ0v) is 10.6. The van der Waals surface area contributed by atoms with Gasteiger partial charge in [-0.05, 0) is 18.2 Å². The maximum Gasteiger partial charge on any atom is 0.250 e. The number of oxazole rings is 1. The number of aromatic nitrogens is 1. The average Bonchev–Trinajstić information content (AvgIpc) is 2.90. The molecule has 0 aliphatic rings. The Morgan fingerprint density at radius 1 is 1.42 bits per heavy atom. The van der Waals surface area contributed by atoms with E-state index in [-0.39, 0.29) is 12.5 Å². The molecular weight excluding hydrogens is 246 g/mol. The van der Waals surface area contributed by atoms with Crippen LogP contribution in [-0.2, 0) is 16.1 Å². The molecular formula is C13H15N3O3. The third kappa shape index (κ3) is 4.11. The molecule has 1 heterocycles. The molecule has 1 aromatic heterocycles. The Morgan fingerprint density at radius 3 is 3.00 bits per heavy atom. The zero-order valence-electron chi connectivity index (χ0n) is 10.6. The van der Waals surface area contributed by atoms with Gasteiger partial charge in [-0.3, -0.25) is 4.79 Å². The van der Waals surface area contributed by atoms with Gasteiger partial charge in [0, 0.05) is 18.5 Å². The zero-order chi connectivity index (χ0) is 13.5. The number of methoxy groups -OCH3 is 1. The van der Waals surface area contributed by atoms with Gasteiger partial charge in [-0.25, -0.2) is 4.98 Å². The molecule has 6 heteroatoms. The molecule has 1 amide bonds. The van der Waals surface area contributed by atoms with Gasteiger partial charge in [0.2, 0.25) is 5.91 Å². The Balaban J connectivity index is 1.93. The van der Waals surface area contributed by atoms with Crippen molar-refractivity contribution < 1.29 is 13.9 Å². The fraction of sp³-hybridized carbons (Fsp3) is 0.231. The van der Waals surface area contributed by atoms with Gasteiger partial charge in [0.15, 0.2) is 6.39 Å². The van der Waals surface area contributed by atoms with Gasteiger partial charge in [-0.15, -0.1) is 0 Å². The fourth-order valence-electron chi connectivity index (χ4n) is 1.55. The summed E-state index contributed by atoms with van der Waals surface area (Å²) in [7, 11) is 1.48. The lowest BCUT2D eigenvalue weighted by Gasteiger charge is -2.08. The summed E-state index contributed by atoms with van der Waals surface area (Å²) in [4.78, 5) is 15.2. The molecule has 100 valence electrons. The van der Waals surface area contributed by atoms with Crippen LogP contribution in [0.25, 0.3) is 0 Å². The normalized spacial score (nSPS) is 10.2. The van der Waals surface area contributed by atoms with Crippen LogP contribution >= 0.6 is 0 Å². The molecule has 2 N–H and O–H groups in total. The first kappa shape index (κ1) is 13.1. The predicted molar refractivity (Wildman–Crippen MR) is 70.8 cm³/mol. The molecule has 2 rings (SSSR count). The van der Waals surface area contributed by atoms with Crippen molar-refractivity contribution in [3.8, 4) is 0 Å². The van der Waals surface area contributed by atoms with Crippen LogP contribution in [0.5, 0.6) is 0 Å².